The Hall–Kier alpha value is -0.280. The summed E-state index contributed by atoms with van der Waals surface area (Å²) in [7, 11) is 1.73. The number of rotatable bonds is 3. The van der Waals surface area contributed by atoms with Crippen LogP contribution in [0.2, 0.25) is 0 Å². The highest BCUT2D eigenvalue weighted by Gasteiger charge is 2.15. The third kappa shape index (κ3) is 3.69. The summed E-state index contributed by atoms with van der Waals surface area (Å²) in [4.78, 5) is 10.5. The lowest BCUT2D eigenvalue weighted by atomic mass is 10.0. The largest absolute Gasteiger partial charge is 0.368 e. The summed E-state index contributed by atoms with van der Waals surface area (Å²) < 4.78 is 0. The standard InChI is InChI=1S/C6H14N2O.ClH/c1-4(2)5(8-3)6(7)9;/h4-5,8H,1-3H3,(H2,7,9);1H. The first kappa shape index (κ1) is 12.4. The van der Waals surface area contributed by atoms with Crippen molar-refractivity contribution in [2.45, 2.75) is 19.9 Å². The predicted molar refractivity (Wildman–Crippen MR) is 44.1 cm³/mol. The van der Waals surface area contributed by atoms with Crippen molar-refractivity contribution < 1.29 is 4.79 Å². The highest BCUT2D eigenvalue weighted by atomic mass is 35.5. The molecular weight excluding hydrogens is 152 g/mol. The number of primary amides is 1. The van der Waals surface area contributed by atoms with Crippen LogP contribution in [0.5, 0.6) is 0 Å². The molecule has 1 unspecified atom stereocenters. The molecule has 0 saturated heterocycles. The molecule has 0 aromatic carbocycles. The van der Waals surface area contributed by atoms with Gasteiger partial charge in [-0.25, -0.2) is 0 Å². The molecule has 0 heterocycles. The average molecular weight is 167 g/mol. The molecule has 0 saturated carbocycles. The van der Waals surface area contributed by atoms with Gasteiger partial charge in [-0.05, 0) is 13.0 Å². The number of carbonyl (C=O) groups excluding carboxylic acids is 1. The minimum absolute atomic E-state index is 0. The van der Waals surface area contributed by atoms with Gasteiger partial charge in [0, 0.05) is 0 Å². The monoisotopic (exact) mass is 166 g/mol. The summed E-state index contributed by atoms with van der Waals surface area (Å²) in [5, 5.41) is 2.83. The minimum atomic E-state index is -0.285. The zero-order valence-corrected chi connectivity index (χ0v) is 7.37. The third-order valence-corrected chi connectivity index (χ3v) is 1.28. The van der Waals surface area contributed by atoms with E-state index >= 15 is 0 Å². The van der Waals surface area contributed by atoms with Crippen molar-refractivity contribution in [3.05, 3.63) is 0 Å². The van der Waals surface area contributed by atoms with Crippen LogP contribution in [-0.4, -0.2) is 19.0 Å². The fourth-order valence-electron chi connectivity index (χ4n) is 0.804. The first-order valence-corrected chi connectivity index (χ1v) is 3.06. The molecule has 1 atom stereocenters. The van der Waals surface area contributed by atoms with E-state index in [2.05, 4.69) is 5.32 Å². The molecule has 0 aromatic rings. The van der Waals surface area contributed by atoms with Gasteiger partial charge in [-0.1, -0.05) is 13.8 Å². The van der Waals surface area contributed by atoms with E-state index in [-0.39, 0.29) is 30.3 Å². The van der Waals surface area contributed by atoms with Gasteiger partial charge in [0.2, 0.25) is 5.91 Å². The van der Waals surface area contributed by atoms with Gasteiger partial charge in [-0.15, -0.1) is 12.4 Å². The quantitative estimate of drug-likeness (QED) is 0.627. The summed E-state index contributed by atoms with van der Waals surface area (Å²) in [6, 6.07) is -0.190. The smallest absolute Gasteiger partial charge is 0.234 e. The predicted octanol–water partition coefficient (Wildman–Crippen LogP) is 0.137. The van der Waals surface area contributed by atoms with Crippen LogP contribution >= 0.6 is 12.4 Å². The third-order valence-electron chi connectivity index (χ3n) is 1.28. The Morgan fingerprint density at radius 2 is 1.90 bits per heavy atom. The van der Waals surface area contributed by atoms with Gasteiger partial charge in [0.05, 0.1) is 6.04 Å². The average Bonchev–Trinajstić information content (AvgIpc) is 1.64. The summed E-state index contributed by atoms with van der Waals surface area (Å²) in [5.41, 5.74) is 5.05. The van der Waals surface area contributed by atoms with E-state index in [0.717, 1.165) is 0 Å². The number of amides is 1. The number of nitrogens with one attached hydrogen (secondary N) is 1. The topological polar surface area (TPSA) is 55.1 Å². The van der Waals surface area contributed by atoms with Gasteiger partial charge in [0.1, 0.15) is 0 Å². The van der Waals surface area contributed by atoms with E-state index in [0.29, 0.717) is 0 Å². The van der Waals surface area contributed by atoms with E-state index in [4.69, 9.17) is 5.73 Å². The van der Waals surface area contributed by atoms with E-state index in [9.17, 15) is 4.79 Å². The molecule has 10 heavy (non-hydrogen) atoms. The Kier molecular flexibility index (Phi) is 6.82. The first-order chi connectivity index (χ1) is 4.09. The molecule has 0 aromatic heterocycles. The molecule has 0 bridgehead atoms. The van der Waals surface area contributed by atoms with Crippen molar-refractivity contribution in [2.24, 2.45) is 11.7 Å². The zero-order chi connectivity index (χ0) is 7.44. The Labute approximate surface area is 67.8 Å². The Morgan fingerprint density at radius 1 is 1.50 bits per heavy atom. The maximum absolute atomic E-state index is 10.5. The molecule has 0 aliphatic heterocycles. The van der Waals surface area contributed by atoms with Crippen LogP contribution in [-0.2, 0) is 4.79 Å². The molecule has 4 heteroatoms. The van der Waals surface area contributed by atoms with Crippen molar-refractivity contribution in [3.8, 4) is 0 Å². The number of hydrogen-bond acceptors (Lipinski definition) is 2. The SMILES string of the molecule is CNC(C(N)=O)C(C)C.Cl. The lowest BCUT2D eigenvalue weighted by Gasteiger charge is -2.14. The fourth-order valence-corrected chi connectivity index (χ4v) is 0.804. The molecular formula is C6H15ClN2O. The molecule has 0 aliphatic carbocycles. The summed E-state index contributed by atoms with van der Waals surface area (Å²) >= 11 is 0. The Bertz CT molecular complexity index is 106. The second-order valence-corrected chi connectivity index (χ2v) is 2.41. The Morgan fingerprint density at radius 3 is 1.90 bits per heavy atom. The van der Waals surface area contributed by atoms with Crippen molar-refractivity contribution >= 4 is 18.3 Å². The van der Waals surface area contributed by atoms with Gasteiger partial charge in [-0.3, -0.25) is 4.79 Å². The number of likely N-dealkylation sites (N-methyl/N-ethyl adjacent to an activating group) is 1. The molecule has 0 fully saturated rings. The van der Waals surface area contributed by atoms with E-state index in [1.807, 2.05) is 13.8 Å². The Balaban J connectivity index is 0. The molecule has 0 rings (SSSR count). The molecule has 3 N–H and O–H groups in total. The van der Waals surface area contributed by atoms with Crippen LogP contribution in [0.3, 0.4) is 0 Å². The van der Waals surface area contributed by atoms with Crippen molar-refractivity contribution in [2.75, 3.05) is 7.05 Å². The molecule has 3 nitrogen and oxygen atoms in total. The highest BCUT2D eigenvalue weighted by molar-refractivity contribution is 5.85. The van der Waals surface area contributed by atoms with E-state index in [1.165, 1.54) is 0 Å². The number of hydrogen-bond donors (Lipinski definition) is 2. The van der Waals surface area contributed by atoms with Gasteiger partial charge >= 0.3 is 0 Å². The van der Waals surface area contributed by atoms with Crippen LogP contribution in [0.25, 0.3) is 0 Å². The van der Waals surface area contributed by atoms with Crippen LogP contribution in [0, 0.1) is 5.92 Å². The van der Waals surface area contributed by atoms with Crippen molar-refractivity contribution in [3.63, 3.8) is 0 Å². The lowest BCUT2D eigenvalue weighted by Crippen LogP contribution is -2.42. The van der Waals surface area contributed by atoms with Crippen molar-refractivity contribution in [1.29, 1.82) is 0 Å². The fraction of sp³-hybridized carbons (Fsp3) is 0.833. The molecule has 0 aliphatic rings. The molecule has 0 radical (unpaired) electrons. The minimum Gasteiger partial charge on any atom is -0.368 e. The first-order valence-electron chi connectivity index (χ1n) is 3.06. The number of nitrogens with two attached hydrogens (primary N) is 1. The van der Waals surface area contributed by atoms with Crippen LogP contribution in [0.15, 0.2) is 0 Å². The summed E-state index contributed by atoms with van der Waals surface area (Å²) in [6.45, 7) is 3.90. The van der Waals surface area contributed by atoms with E-state index < -0.39 is 0 Å². The summed E-state index contributed by atoms with van der Waals surface area (Å²) in [5.74, 6) is -0.0139. The van der Waals surface area contributed by atoms with Crippen LogP contribution < -0.4 is 11.1 Å². The second-order valence-electron chi connectivity index (χ2n) is 2.41. The van der Waals surface area contributed by atoms with Crippen LogP contribution in [0.4, 0.5) is 0 Å². The second kappa shape index (κ2) is 5.50. The zero-order valence-electron chi connectivity index (χ0n) is 6.55. The van der Waals surface area contributed by atoms with Gasteiger partial charge in [-0.2, -0.15) is 0 Å². The maximum atomic E-state index is 10.5. The molecule has 1 amide bonds. The molecule has 0 spiro atoms. The number of halogens is 1. The molecule has 62 valence electrons. The van der Waals surface area contributed by atoms with Gasteiger partial charge < -0.3 is 11.1 Å². The van der Waals surface area contributed by atoms with Crippen molar-refractivity contribution in [1.82, 2.24) is 5.32 Å². The van der Waals surface area contributed by atoms with Gasteiger partial charge in [0.15, 0.2) is 0 Å². The summed E-state index contributed by atoms with van der Waals surface area (Å²) in [6.07, 6.45) is 0. The highest BCUT2D eigenvalue weighted by Crippen LogP contribution is 1.98. The normalized spacial score (nSPS) is 12.4. The maximum Gasteiger partial charge on any atom is 0.234 e. The number of carbonyl (C=O) groups is 1. The van der Waals surface area contributed by atoms with Gasteiger partial charge in [0.25, 0.3) is 0 Å². The van der Waals surface area contributed by atoms with E-state index in [1.54, 1.807) is 7.05 Å². The lowest BCUT2D eigenvalue weighted by molar-refractivity contribution is -0.120. The van der Waals surface area contributed by atoms with Crippen LogP contribution in [0.1, 0.15) is 13.8 Å².